The van der Waals surface area contributed by atoms with Gasteiger partial charge in [0.2, 0.25) is 5.91 Å². The number of ether oxygens (including phenoxy) is 3. The van der Waals surface area contributed by atoms with Crippen molar-refractivity contribution in [2.45, 2.75) is 13.0 Å². The lowest BCUT2D eigenvalue weighted by atomic mass is 10.1. The van der Waals surface area contributed by atoms with Gasteiger partial charge >= 0.3 is 0 Å². The third kappa shape index (κ3) is 5.12. The Hall–Kier alpha value is -2.25. The smallest absolute Gasteiger partial charge is 0.238 e. The van der Waals surface area contributed by atoms with Gasteiger partial charge < -0.3 is 24.8 Å². The molecular weight excluding hydrogens is 400 g/mol. The second-order valence-corrected chi connectivity index (χ2v) is 6.47. The monoisotopic (exact) mass is 422 g/mol. The number of benzene rings is 2. The first kappa shape index (κ1) is 20.1. The van der Waals surface area contributed by atoms with Gasteiger partial charge in [0.05, 0.1) is 38.0 Å². The van der Waals surface area contributed by atoms with E-state index in [4.69, 9.17) is 14.2 Å². The van der Waals surface area contributed by atoms with Crippen molar-refractivity contribution in [3.8, 4) is 17.2 Å². The average molecular weight is 423 g/mol. The summed E-state index contributed by atoms with van der Waals surface area (Å²) in [7, 11) is 4.75. The molecule has 0 bridgehead atoms. The predicted octanol–water partition coefficient (Wildman–Crippen LogP) is 3.76. The molecule has 0 spiro atoms. The van der Waals surface area contributed by atoms with Gasteiger partial charge in [0.1, 0.15) is 17.2 Å². The van der Waals surface area contributed by atoms with Crippen LogP contribution in [0.2, 0.25) is 0 Å². The second kappa shape index (κ2) is 9.45. The van der Waals surface area contributed by atoms with E-state index < -0.39 is 0 Å². The molecule has 0 aliphatic carbocycles. The Balaban J connectivity index is 1.97. The Labute approximate surface area is 162 Å². The summed E-state index contributed by atoms with van der Waals surface area (Å²) in [5, 5.41) is 6.04. The van der Waals surface area contributed by atoms with Gasteiger partial charge in [-0.25, -0.2) is 0 Å². The molecule has 0 saturated heterocycles. The Morgan fingerprint density at radius 3 is 2.35 bits per heavy atom. The highest BCUT2D eigenvalue weighted by atomic mass is 79.9. The van der Waals surface area contributed by atoms with Crippen molar-refractivity contribution in [2.24, 2.45) is 0 Å². The van der Waals surface area contributed by atoms with Crippen molar-refractivity contribution in [3.05, 3.63) is 46.4 Å². The minimum Gasteiger partial charge on any atom is -0.497 e. The van der Waals surface area contributed by atoms with Gasteiger partial charge in [-0.15, -0.1) is 0 Å². The summed E-state index contributed by atoms with van der Waals surface area (Å²) in [4.78, 5) is 12.3. The van der Waals surface area contributed by atoms with Gasteiger partial charge in [0.25, 0.3) is 0 Å². The maximum atomic E-state index is 12.3. The molecule has 0 radical (unpaired) electrons. The van der Waals surface area contributed by atoms with Crippen LogP contribution in [0.4, 0.5) is 5.69 Å². The van der Waals surface area contributed by atoms with Gasteiger partial charge in [-0.1, -0.05) is 6.07 Å². The van der Waals surface area contributed by atoms with Gasteiger partial charge in [-0.2, -0.15) is 0 Å². The number of carbonyl (C=O) groups is 1. The first-order valence-electron chi connectivity index (χ1n) is 8.07. The van der Waals surface area contributed by atoms with E-state index in [2.05, 4.69) is 26.6 Å². The highest BCUT2D eigenvalue weighted by molar-refractivity contribution is 9.10. The largest absolute Gasteiger partial charge is 0.497 e. The fourth-order valence-corrected chi connectivity index (χ4v) is 2.98. The van der Waals surface area contributed by atoms with Gasteiger partial charge in [0.15, 0.2) is 0 Å². The number of nitrogens with one attached hydrogen (secondary N) is 2. The average Bonchev–Trinajstić information content (AvgIpc) is 2.65. The highest BCUT2D eigenvalue weighted by Crippen LogP contribution is 2.29. The molecule has 2 rings (SSSR count). The summed E-state index contributed by atoms with van der Waals surface area (Å²) in [6.45, 7) is 2.15. The van der Waals surface area contributed by atoms with Crippen LogP contribution in [0.1, 0.15) is 18.5 Å². The molecule has 0 aliphatic heterocycles. The van der Waals surface area contributed by atoms with Crippen molar-refractivity contribution in [1.29, 1.82) is 0 Å². The van der Waals surface area contributed by atoms with Crippen LogP contribution in [-0.4, -0.2) is 33.8 Å². The third-order valence-electron chi connectivity index (χ3n) is 3.93. The number of anilines is 1. The molecule has 2 N–H and O–H groups in total. The van der Waals surface area contributed by atoms with Crippen molar-refractivity contribution in [1.82, 2.24) is 5.32 Å². The molecule has 0 heterocycles. The molecule has 26 heavy (non-hydrogen) atoms. The van der Waals surface area contributed by atoms with Crippen molar-refractivity contribution >= 4 is 27.5 Å². The van der Waals surface area contributed by atoms with Crippen LogP contribution in [0.3, 0.4) is 0 Å². The molecule has 6 nitrogen and oxygen atoms in total. The molecule has 7 heteroatoms. The topological polar surface area (TPSA) is 68.8 Å². The van der Waals surface area contributed by atoms with E-state index in [0.717, 1.165) is 15.8 Å². The first-order chi connectivity index (χ1) is 12.5. The molecule has 1 unspecified atom stereocenters. The van der Waals surface area contributed by atoms with Gasteiger partial charge in [0, 0.05) is 12.1 Å². The lowest BCUT2D eigenvalue weighted by Gasteiger charge is -2.16. The zero-order valence-electron chi connectivity index (χ0n) is 15.3. The van der Waals surface area contributed by atoms with E-state index in [-0.39, 0.29) is 18.5 Å². The molecule has 0 fully saturated rings. The minimum atomic E-state index is -0.170. The van der Waals surface area contributed by atoms with E-state index in [0.29, 0.717) is 17.2 Å². The SMILES string of the molecule is COc1ccc(OC)c(NC(=O)CNC(C)c2ccc(OC)c(Br)c2)c1. The zero-order chi connectivity index (χ0) is 19.1. The minimum absolute atomic E-state index is 0.00448. The van der Waals surface area contributed by atoms with Gasteiger partial charge in [-0.05, 0) is 52.7 Å². The summed E-state index contributed by atoms with van der Waals surface area (Å²) >= 11 is 3.47. The van der Waals surface area contributed by atoms with Crippen LogP contribution < -0.4 is 24.8 Å². The van der Waals surface area contributed by atoms with Crippen LogP contribution in [0, 0.1) is 0 Å². The van der Waals surface area contributed by atoms with Gasteiger partial charge in [-0.3, -0.25) is 4.79 Å². The Bertz CT molecular complexity index is 767. The molecular formula is C19H23BrN2O4. The standard InChI is InChI=1S/C19H23BrN2O4/c1-12(13-5-7-17(25-3)15(20)9-13)21-11-19(23)22-16-10-14(24-2)6-8-18(16)26-4/h5-10,12,21H,11H2,1-4H3,(H,22,23). The summed E-state index contributed by atoms with van der Waals surface area (Å²) in [6, 6.07) is 11.1. The maximum absolute atomic E-state index is 12.3. The fourth-order valence-electron chi connectivity index (χ4n) is 2.42. The number of carbonyl (C=O) groups excluding carboxylic acids is 1. The fraction of sp³-hybridized carbons (Fsp3) is 0.316. The van der Waals surface area contributed by atoms with E-state index in [1.807, 2.05) is 25.1 Å². The Morgan fingerprint density at radius 1 is 1.04 bits per heavy atom. The van der Waals surface area contributed by atoms with E-state index >= 15 is 0 Å². The van der Waals surface area contributed by atoms with E-state index in [1.54, 1.807) is 39.5 Å². The first-order valence-corrected chi connectivity index (χ1v) is 8.86. The van der Waals surface area contributed by atoms with Crippen molar-refractivity contribution < 1.29 is 19.0 Å². The Morgan fingerprint density at radius 2 is 1.73 bits per heavy atom. The van der Waals surface area contributed by atoms with Crippen LogP contribution in [-0.2, 0) is 4.79 Å². The maximum Gasteiger partial charge on any atom is 0.238 e. The van der Waals surface area contributed by atoms with Crippen LogP contribution in [0.15, 0.2) is 40.9 Å². The number of rotatable bonds is 8. The molecule has 140 valence electrons. The lowest BCUT2D eigenvalue weighted by Crippen LogP contribution is -2.30. The normalized spacial score (nSPS) is 11.6. The highest BCUT2D eigenvalue weighted by Gasteiger charge is 2.12. The quantitative estimate of drug-likeness (QED) is 0.677. The number of hydrogen-bond donors (Lipinski definition) is 2. The molecule has 0 aromatic heterocycles. The summed E-state index contributed by atoms with van der Waals surface area (Å²) in [5.41, 5.74) is 1.61. The summed E-state index contributed by atoms with van der Waals surface area (Å²) < 4.78 is 16.6. The molecule has 1 amide bonds. The van der Waals surface area contributed by atoms with Crippen LogP contribution in [0.5, 0.6) is 17.2 Å². The molecule has 0 aliphatic rings. The number of methoxy groups -OCH3 is 3. The molecule has 0 saturated carbocycles. The number of hydrogen-bond acceptors (Lipinski definition) is 5. The number of amides is 1. The molecule has 2 aromatic carbocycles. The van der Waals surface area contributed by atoms with Crippen molar-refractivity contribution in [3.63, 3.8) is 0 Å². The molecule has 2 aromatic rings. The zero-order valence-corrected chi connectivity index (χ0v) is 16.8. The third-order valence-corrected chi connectivity index (χ3v) is 4.55. The molecule has 1 atom stereocenters. The van der Waals surface area contributed by atoms with E-state index in [9.17, 15) is 4.79 Å². The predicted molar refractivity (Wildman–Crippen MR) is 105 cm³/mol. The number of halogens is 1. The van der Waals surface area contributed by atoms with Crippen LogP contribution in [0.25, 0.3) is 0 Å². The van der Waals surface area contributed by atoms with Crippen molar-refractivity contribution in [2.75, 3.05) is 33.2 Å². The lowest BCUT2D eigenvalue weighted by molar-refractivity contribution is -0.115. The summed E-state index contributed by atoms with van der Waals surface area (Å²) in [6.07, 6.45) is 0. The van der Waals surface area contributed by atoms with Crippen LogP contribution >= 0.6 is 15.9 Å². The summed E-state index contributed by atoms with van der Waals surface area (Å²) in [5.74, 6) is 1.82. The van der Waals surface area contributed by atoms with E-state index in [1.165, 1.54) is 0 Å². The Kier molecular flexibility index (Phi) is 7.29. The second-order valence-electron chi connectivity index (χ2n) is 5.61.